The van der Waals surface area contributed by atoms with E-state index in [1.807, 2.05) is 32.2 Å². The van der Waals surface area contributed by atoms with Crippen LogP contribution >= 0.6 is 23.2 Å². The summed E-state index contributed by atoms with van der Waals surface area (Å²) in [5, 5.41) is 5.96. The smallest absolute Gasteiger partial charge is 0.132 e. The maximum Gasteiger partial charge on any atom is 0.132 e. The van der Waals surface area contributed by atoms with E-state index >= 15 is 0 Å². The molecule has 23 heavy (non-hydrogen) atoms. The fraction of sp³-hybridized carbons (Fsp3) is 0.471. The molecule has 2 heterocycles. The molecule has 0 spiro atoms. The van der Waals surface area contributed by atoms with E-state index in [-0.39, 0.29) is 6.04 Å². The fourth-order valence-electron chi connectivity index (χ4n) is 3.27. The highest BCUT2D eigenvalue weighted by Crippen LogP contribution is 2.38. The molecule has 1 aliphatic rings. The molecule has 0 bridgehead atoms. The van der Waals surface area contributed by atoms with Gasteiger partial charge in [0.25, 0.3) is 0 Å². The first-order valence-electron chi connectivity index (χ1n) is 7.85. The van der Waals surface area contributed by atoms with Crippen LogP contribution in [0.4, 0.5) is 0 Å². The average Bonchev–Trinajstić information content (AvgIpc) is 2.77. The van der Waals surface area contributed by atoms with Gasteiger partial charge >= 0.3 is 0 Å². The molecule has 0 unspecified atom stereocenters. The minimum absolute atomic E-state index is 0.0404. The van der Waals surface area contributed by atoms with Gasteiger partial charge in [0.05, 0.1) is 11.7 Å². The summed E-state index contributed by atoms with van der Waals surface area (Å²) >= 11 is 13.1. The van der Waals surface area contributed by atoms with Crippen LogP contribution in [0.5, 0.6) is 0 Å². The monoisotopic (exact) mass is 352 g/mol. The molecule has 1 aliphatic heterocycles. The highest BCUT2D eigenvalue weighted by Gasteiger charge is 2.31. The van der Waals surface area contributed by atoms with E-state index in [1.165, 1.54) is 0 Å². The third-order valence-corrected chi connectivity index (χ3v) is 5.36. The van der Waals surface area contributed by atoms with Crippen LogP contribution in [0.25, 0.3) is 0 Å². The Bertz CT molecular complexity index is 690. The minimum Gasteiger partial charge on any atom is -0.304 e. The van der Waals surface area contributed by atoms with Crippen LogP contribution in [-0.4, -0.2) is 52.8 Å². The Hall–Kier alpha value is -1.07. The molecule has 0 aliphatic carbocycles. The van der Waals surface area contributed by atoms with Gasteiger partial charge in [-0.3, -0.25) is 9.58 Å². The highest BCUT2D eigenvalue weighted by molar-refractivity contribution is 6.32. The highest BCUT2D eigenvalue weighted by atomic mass is 35.5. The first kappa shape index (κ1) is 16.8. The zero-order chi connectivity index (χ0) is 16.6. The van der Waals surface area contributed by atoms with Crippen molar-refractivity contribution in [2.24, 2.45) is 7.05 Å². The number of aryl methyl sites for hydroxylation is 2. The molecular weight excluding hydrogens is 331 g/mol. The Morgan fingerprint density at radius 3 is 2.26 bits per heavy atom. The van der Waals surface area contributed by atoms with Crippen molar-refractivity contribution in [1.29, 1.82) is 0 Å². The summed E-state index contributed by atoms with van der Waals surface area (Å²) in [5.74, 6) is 0. The van der Waals surface area contributed by atoms with E-state index in [9.17, 15) is 0 Å². The Morgan fingerprint density at radius 2 is 1.70 bits per heavy atom. The standard InChI is InChI=1S/C17H22Cl2N4/c1-12-15(17(19)22(3)20-12)16(13-6-4-5-7-14(13)18)23-10-8-21(2)9-11-23/h4-7,16H,8-11H2,1-3H3/t16-/m0/s1. The van der Waals surface area contributed by atoms with Gasteiger partial charge in [0.1, 0.15) is 5.15 Å². The number of nitrogens with zero attached hydrogens (tertiary/aromatic N) is 4. The largest absolute Gasteiger partial charge is 0.304 e. The minimum atomic E-state index is 0.0404. The Balaban J connectivity index is 2.09. The van der Waals surface area contributed by atoms with Gasteiger partial charge in [0, 0.05) is 43.8 Å². The lowest BCUT2D eigenvalue weighted by molar-refractivity contribution is 0.127. The van der Waals surface area contributed by atoms with Crippen molar-refractivity contribution >= 4 is 23.2 Å². The molecule has 1 aromatic carbocycles. The molecule has 0 N–H and O–H groups in total. The molecule has 6 heteroatoms. The number of rotatable bonds is 3. The fourth-order valence-corrected chi connectivity index (χ4v) is 3.79. The van der Waals surface area contributed by atoms with Gasteiger partial charge in [-0.15, -0.1) is 0 Å². The number of likely N-dealkylation sites (N-methyl/N-ethyl adjacent to an activating group) is 1. The molecule has 0 saturated carbocycles. The van der Waals surface area contributed by atoms with E-state index < -0.39 is 0 Å². The zero-order valence-electron chi connectivity index (χ0n) is 13.8. The van der Waals surface area contributed by atoms with E-state index in [0.29, 0.717) is 5.15 Å². The van der Waals surface area contributed by atoms with Crippen molar-refractivity contribution in [2.75, 3.05) is 33.2 Å². The molecule has 4 nitrogen and oxygen atoms in total. The van der Waals surface area contributed by atoms with Crippen LogP contribution in [-0.2, 0) is 7.05 Å². The van der Waals surface area contributed by atoms with Crippen molar-refractivity contribution in [3.05, 3.63) is 51.3 Å². The average molecular weight is 353 g/mol. The molecule has 2 aromatic rings. The van der Waals surface area contributed by atoms with Crippen molar-refractivity contribution in [3.8, 4) is 0 Å². The SMILES string of the molecule is Cc1nn(C)c(Cl)c1[C@H](c1ccccc1Cl)N1CCN(C)CC1. The van der Waals surface area contributed by atoms with Gasteiger partial charge in [0.2, 0.25) is 0 Å². The predicted octanol–water partition coefficient (Wildman–Crippen LogP) is 3.37. The van der Waals surface area contributed by atoms with Gasteiger partial charge in [0.15, 0.2) is 0 Å². The lowest BCUT2D eigenvalue weighted by Crippen LogP contribution is -2.46. The first-order chi connectivity index (χ1) is 11.0. The summed E-state index contributed by atoms with van der Waals surface area (Å²) in [6, 6.07) is 8.07. The number of piperazine rings is 1. The molecule has 3 rings (SSSR count). The van der Waals surface area contributed by atoms with Crippen LogP contribution < -0.4 is 0 Å². The third kappa shape index (κ3) is 3.26. The maximum absolute atomic E-state index is 6.58. The number of hydrogen-bond acceptors (Lipinski definition) is 3. The van der Waals surface area contributed by atoms with Gasteiger partial charge in [-0.05, 0) is 25.6 Å². The third-order valence-electron chi connectivity index (χ3n) is 4.57. The van der Waals surface area contributed by atoms with Crippen molar-refractivity contribution in [1.82, 2.24) is 19.6 Å². The molecule has 1 aromatic heterocycles. The summed E-state index contributed by atoms with van der Waals surface area (Å²) in [6.45, 7) is 6.06. The first-order valence-corrected chi connectivity index (χ1v) is 8.60. The number of hydrogen-bond donors (Lipinski definition) is 0. The topological polar surface area (TPSA) is 24.3 Å². The van der Waals surface area contributed by atoms with Crippen molar-refractivity contribution < 1.29 is 0 Å². The molecule has 1 fully saturated rings. The van der Waals surface area contributed by atoms with Crippen molar-refractivity contribution in [3.63, 3.8) is 0 Å². The quantitative estimate of drug-likeness (QED) is 0.846. The zero-order valence-corrected chi connectivity index (χ0v) is 15.3. The predicted molar refractivity (Wildman–Crippen MR) is 95.3 cm³/mol. The second-order valence-corrected chi connectivity index (χ2v) is 6.94. The summed E-state index contributed by atoms with van der Waals surface area (Å²) in [4.78, 5) is 4.80. The van der Waals surface area contributed by atoms with Crippen LogP contribution in [0.15, 0.2) is 24.3 Å². The van der Waals surface area contributed by atoms with Crippen LogP contribution in [0, 0.1) is 6.92 Å². The Kier molecular flexibility index (Phi) is 4.97. The van der Waals surface area contributed by atoms with Gasteiger partial charge < -0.3 is 4.90 Å². The molecule has 124 valence electrons. The Labute approximate surface area is 147 Å². The van der Waals surface area contributed by atoms with Crippen LogP contribution in [0.1, 0.15) is 22.9 Å². The van der Waals surface area contributed by atoms with Crippen LogP contribution in [0.2, 0.25) is 10.2 Å². The molecular formula is C17H22Cl2N4. The maximum atomic E-state index is 6.58. The van der Waals surface area contributed by atoms with E-state index in [1.54, 1.807) is 4.68 Å². The molecule has 1 saturated heterocycles. The lowest BCUT2D eigenvalue weighted by atomic mass is 9.96. The normalized spacial score (nSPS) is 18.3. The Morgan fingerprint density at radius 1 is 1.04 bits per heavy atom. The summed E-state index contributed by atoms with van der Waals surface area (Å²) < 4.78 is 1.74. The van der Waals surface area contributed by atoms with E-state index in [4.69, 9.17) is 23.2 Å². The number of aromatic nitrogens is 2. The van der Waals surface area contributed by atoms with E-state index in [2.05, 4.69) is 28.0 Å². The van der Waals surface area contributed by atoms with Gasteiger partial charge in [-0.25, -0.2) is 0 Å². The number of halogens is 2. The number of benzene rings is 1. The van der Waals surface area contributed by atoms with Crippen LogP contribution in [0.3, 0.4) is 0 Å². The van der Waals surface area contributed by atoms with E-state index in [0.717, 1.165) is 48.0 Å². The van der Waals surface area contributed by atoms with Crippen molar-refractivity contribution in [2.45, 2.75) is 13.0 Å². The molecule has 0 amide bonds. The summed E-state index contributed by atoms with van der Waals surface area (Å²) in [5.41, 5.74) is 3.12. The summed E-state index contributed by atoms with van der Waals surface area (Å²) in [7, 11) is 4.04. The van der Waals surface area contributed by atoms with Gasteiger partial charge in [-0.2, -0.15) is 5.10 Å². The lowest BCUT2D eigenvalue weighted by Gasteiger charge is -2.38. The molecule has 1 atom stereocenters. The van der Waals surface area contributed by atoms with Gasteiger partial charge in [-0.1, -0.05) is 41.4 Å². The second kappa shape index (κ2) is 6.81. The summed E-state index contributed by atoms with van der Waals surface area (Å²) in [6.07, 6.45) is 0. The molecule has 0 radical (unpaired) electrons. The second-order valence-electron chi connectivity index (χ2n) is 6.18.